The Hall–Kier alpha value is -1.93. The molecule has 1 unspecified atom stereocenters. The van der Waals surface area contributed by atoms with Gasteiger partial charge in [-0.3, -0.25) is 4.68 Å². The molecule has 2 N–H and O–H groups in total. The third kappa shape index (κ3) is 2.42. The predicted octanol–water partition coefficient (Wildman–Crippen LogP) is 2.72. The van der Waals surface area contributed by atoms with Gasteiger partial charge in [0.25, 0.3) is 0 Å². The minimum atomic E-state index is -0.0259. The number of hydrogen-bond acceptors (Lipinski definition) is 5. The monoisotopic (exact) mass is 376 g/mol. The number of nitrogens with two attached hydrogens (primary N) is 1. The van der Waals surface area contributed by atoms with Gasteiger partial charge >= 0.3 is 0 Å². The van der Waals surface area contributed by atoms with E-state index < -0.39 is 0 Å². The van der Waals surface area contributed by atoms with E-state index in [-0.39, 0.29) is 6.10 Å². The molecule has 0 saturated carbocycles. The molecule has 1 saturated heterocycles. The van der Waals surface area contributed by atoms with Crippen molar-refractivity contribution in [3.8, 4) is 11.1 Å². The normalized spacial score (nSPS) is 18.6. The summed E-state index contributed by atoms with van der Waals surface area (Å²) in [6.45, 7) is 0.762. The van der Waals surface area contributed by atoms with Crippen LogP contribution in [0.5, 0.6) is 0 Å². The summed E-state index contributed by atoms with van der Waals surface area (Å²) in [6.07, 6.45) is 8.67. The Balaban J connectivity index is 1.89. The summed E-state index contributed by atoms with van der Waals surface area (Å²) in [7, 11) is 1.88. The molecule has 7 nitrogen and oxygen atoms in total. The van der Waals surface area contributed by atoms with E-state index in [1.165, 1.54) is 0 Å². The molecule has 0 bridgehead atoms. The Labute approximate surface area is 141 Å². The van der Waals surface area contributed by atoms with E-state index in [1.54, 1.807) is 21.6 Å². The molecular weight excluding hydrogens is 360 g/mol. The molecule has 1 atom stereocenters. The van der Waals surface area contributed by atoms with Gasteiger partial charge in [-0.1, -0.05) is 0 Å². The number of aryl methyl sites for hydroxylation is 1. The second-order valence-corrected chi connectivity index (χ2v) is 6.54. The maximum absolute atomic E-state index is 6.26. The molecule has 0 aliphatic carbocycles. The zero-order chi connectivity index (χ0) is 16.0. The minimum Gasteiger partial charge on any atom is -0.383 e. The van der Waals surface area contributed by atoms with Crippen LogP contribution >= 0.6 is 15.9 Å². The van der Waals surface area contributed by atoms with Crippen molar-refractivity contribution < 1.29 is 4.74 Å². The Morgan fingerprint density at radius 1 is 1.30 bits per heavy atom. The summed E-state index contributed by atoms with van der Waals surface area (Å²) < 4.78 is 10.1. The molecule has 4 heterocycles. The maximum Gasteiger partial charge on any atom is 0.165 e. The largest absolute Gasteiger partial charge is 0.383 e. The predicted molar refractivity (Wildman–Crippen MR) is 89.8 cm³/mol. The molecule has 120 valence electrons. The van der Waals surface area contributed by atoms with Gasteiger partial charge in [-0.2, -0.15) is 14.7 Å². The van der Waals surface area contributed by atoms with Gasteiger partial charge in [0.15, 0.2) is 5.65 Å². The van der Waals surface area contributed by atoms with Crippen molar-refractivity contribution >= 4 is 27.4 Å². The molecule has 4 rings (SSSR count). The molecule has 3 aromatic heterocycles. The van der Waals surface area contributed by atoms with Crippen molar-refractivity contribution in [1.82, 2.24) is 24.4 Å². The van der Waals surface area contributed by atoms with E-state index in [0.29, 0.717) is 5.82 Å². The number of rotatable bonds is 2. The smallest absolute Gasteiger partial charge is 0.165 e. The third-order valence-electron chi connectivity index (χ3n) is 4.15. The molecule has 0 radical (unpaired) electrons. The van der Waals surface area contributed by atoms with Crippen LogP contribution in [0.3, 0.4) is 0 Å². The summed E-state index contributed by atoms with van der Waals surface area (Å²) in [5, 5.41) is 8.59. The second kappa shape index (κ2) is 5.61. The van der Waals surface area contributed by atoms with Crippen molar-refractivity contribution in [2.24, 2.45) is 7.05 Å². The first-order valence-corrected chi connectivity index (χ1v) is 8.37. The van der Waals surface area contributed by atoms with E-state index in [9.17, 15) is 0 Å². The zero-order valence-corrected chi connectivity index (χ0v) is 14.3. The fourth-order valence-corrected chi connectivity index (χ4v) is 3.46. The fraction of sp³-hybridized carbons (Fsp3) is 0.400. The lowest BCUT2D eigenvalue weighted by Gasteiger charge is -2.23. The number of nitrogen functional groups attached to an aromatic ring is 1. The number of anilines is 1. The van der Waals surface area contributed by atoms with E-state index in [0.717, 1.165) is 52.8 Å². The van der Waals surface area contributed by atoms with Crippen molar-refractivity contribution in [2.75, 3.05) is 12.3 Å². The van der Waals surface area contributed by atoms with E-state index in [4.69, 9.17) is 15.5 Å². The van der Waals surface area contributed by atoms with Crippen molar-refractivity contribution in [3.63, 3.8) is 0 Å². The van der Waals surface area contributed by atoms with Crippen molar-refractivity contribution in [2.45, 2.75) is 25.4 Å². The van der Waals surface area contributed by atoms with Crippen molar-refractivity contribution in [3.05, 3.63) is 28.8 Å². The summed E-state index contributed by atoms with van der Waals surface area (Å²) in [6, 6.07) is 0. The molecule has 1 aliphatic rings. The Morgan fingerprint density at radius 2 is 2.17 bits per heavy atom. The highest BCUT2D eigenvalue weighted by atomic mass is 79.9. The van der Waals surface area contributed by atoms with Crippen LogP contribution in [0.25, 0.3) is 16.8 Å². The average Bonchev–Trinajstić information content (AvgIpc) is 3.17. The van der Waals surface area contributed by atoms with E-state index >= 15 is 0 Å². The number of halogens is 1. The van der Waals surface area contributed by atoms with Crippen LogP contribution in [0.2, 0.25) is 0 Å². The highest BCUT2D eigenvalue weighted by molar-refractivity contribution is 9.10. The standard InChI is InChI=1S/C15H17BrN6O/c1-21-8-9(6-18-21)10-7-19-22-14(17)12(16)13(20-15(10)22)11-4-2-3-5-23-11/h6-8,11H,2-5,17H2,1H3. The Kier molecular flexibility index (Phi) is 3.57. The first-order chi connectivity index (χ1) is 11.1. The van der Waals surface area contributed by atoms with Gasteiger partial charge in [-0.05, 0) is 35.2 Å². The van der Waals surface area contributed by atoms with Crippen molar-refractivity contribution in [1.29, 1.82) is 0 Å². The Morgan fingerprint density at radius 3 is 2.87 bits per heavy atom. The SMILES string of the molecule is Cn1cc(-c2cnn3c(N)c(Br)c(C4CCCCO4)nc23)cn1. The minimum absolute atomic E-state index is 0.0259. The van der Waals surface area contributed by atoms with Crippen LogP contribution in [-0.2, 0) is 11.8 Å². The summed E-state index contributed by atoms with van der Waals surface area (Å²) in [5.74, 6) is 0.536. The summed E-state index contributed by atoms with van der Waals surface area (Å²) in [5.41, 5.74) is 9.71. The lowest BCUT2D eigenvalue weighted by molar-refractivity contribution is 0.0120. The highest BCUT2D eigenvalue weighted by Gasteiger charge is 2.24. The van der Waals surface area contributed by atoms with Crippen LogP contribution in [0.1, 0.15) is 31.1 Å². The zero-order valence-electron chi connectivity index (χ0n) is 12.7. The van der Waals surface area contributed by atoms with E-state index in [2.05, 4.69) is 26.1 Å². The van der Waals surface area contributed by atoms with Gasteiger partial charge < -0.3 is 10.5 Å². The van der Waals surface area contributed by atoms with Gasteiger partial charge in [-0.15, -0.1) is 0 Å². The summed E-state index contributed by atoms with van der Waals surface area (Å²) >= 11 is 3.56. The number of ether oxygens (including phenoxy) is 1. The van der Waals surface area contributed by atoms with Gasteiger partial charge in [0.1, 0.15) is 11.9 Å². The Bertz CT molecular complexity index is 864. The number of aromatic nitrogens is 5. The topological polar surface area (TPSA) is 83.3 Å². The quantitative estimate of drug-likeness (QED) is 0.743. The van der Waals surface area contributed by atoms with Crippen LogP contribution in [0, 0.1) is 0 Å². The first-order valence-electron chi connectivity index (χ1n) is 7.58. The number of nitrogens with zero attached hydrogens (tertiary/aromatic N) is 5. The van der Waals surface area contributed by atoms with Crippen LogP contribution in [0.15, 0.2) is 23.1 Å². The lowest BCUT2D eigenvalue weighted by atomic mass is 10.1. The fourth-order valence-electron chi connectivity index (χ4n) is 2.95. The van der Waals surface area contributed by atoms with Gasteiger partial charge in [0.05, 0.1) is 22.6 Å². The van der Waals surface area contributed by atoms with Crippen LogP contribution in [0.4, 0.5) is 5.82 Å². The van der Waals surface area contributed by atoms with Crippen LogP contribution < -0.4 is 5.73 Å². The third-order valence-corrected chi connectivity index (χ3v) is 4.96. The molecule has 0 spiro atoms. The molecule has 0 amide bonds. The molecule has 8 heteroatoms. The second-order valence-electron chi connectivity index (χ2n) is 5.75. The molecular formula is C15H17BrN6O. The maximum atomic E-state index is 6.26. The highest BCUT2D eigenvalue weighted by Crippen LogP contribution is 2.36. The van der Waals surface area contributed by atoms with Gasteiger partial charge in [0, 0.05) is 31.0 Å². The first kappa shape index (κ1) is 14.6. The average molecular weight is 377 g/mol. The lowest BCUT2D eigenvalue weighted by Crippen LogP contribution is -2.15. The molecule has 1 fully saturated rings. The van der Waals surface area contributed by atoms with Crippen LogP contribution in [-0.4, -0.2) is 31.0 Å². The number of hydrogen-bond donors (Lipinski definition) is 1. The van der Waals surface area contributed by atoms with Gasteiger partial charge in [-0.25, -0.2) is 4.98 Å². The molecule has 23 heavy (non-hydrogen) atoms. The summed E-state index contributed by atoms with van der Waals surface area (Å²) in [4.78, 5) is 4.82. The molecule has 3 aromatic rings. The molecule has 1 aliphatic heterocycles. The molecule has 0 aromatic carbocycles. The number of fused-ring (bicyclic) bond motifs is 1. The van der Waals surface area contributed by atoms with E-state index in [1.807, 2.05) is 13.2 Å². The van der Waals surface area contributed by atoms with Gasteiger partial charge in [0.2, 0.25) is 0 Å².